The Morgan fingerprint density at radius 1 is 1.47 bits per heavy atom. The lowest BCUT2D eigenvalue weighted by Gasteiger charge is -2.55. The van der Waals surface area contributed by atoms with Crippen LogP contribution in [0.25, 0.3) is 0 Å². The van der Waals surface area contributed by atoms with Crippen LogP contribution < -0.4 is 5.32 Å². The van der Waals surface area contributed by atoms with Gasteiger partial charge >= 0.3 is 5.97 Å². The van der Waals surface area contributed by atoms with Crippen molar-refractivity contribution in [2.75, 3.05) is 18.6 Å². The van der Waals surface area contributed by atoms with Gasteiger partial charge in [-0.05, 0) is 17.7 Å². The van der Waals surface area contributed by atoms with Gasteiger partial charge in [0.05, 0.1) is 6.42 Å². The van der Waals surface area contributed by atoms with Crippen LogP contribution in [0.1, 0.15) is 10.8 Å². The second-order valence-corrected chi connectivity index (χ2v) is 10.3. The van der Waals surface area contributed by atoms with Gasteiger partial charge in [0.15, 0.2) is 4.34 Å². The van der Waals surface area contributed by atoms with Gasteiger partial charge in [-0.1, -0.05) is 23.1 Å². The molecule has 0 aliphatic carbocycles. The molecule has 0 unspecified atom stereocenters. The van der Waals surface area contributed by atoms with Crippen LogP contribution in [0.4, 0.5) is 0 Å². The molecule has 3 N–H and O–H groups in total. The summed E-state index contributed by atoms with van der Waals surface area (Å²) in [5, 5.41) is 32.9. The average molecular weight is 500 g/mol. The summed E-state index contributed by atoms with van der Waals surface area (Å²) in [4.78, 5) is 38.7. The largest absolute Gasteiger partial charge is 0.491 e. The Morgan fingerprint density at radius 2 is 2.25 bits per heavy atom. The predicted octanol–water partition coefficient (Wildman–Crippen LogP) is 0.588. The van der Waals surface area contributed by atoms with E-state index in [-0.39, 0.29) is 23.8 Å². The van der Waals surface area contributed by atoms with Crippen molar-refractivity contribution in [2.45, 2.75) is 28.8 Å². The molecule has 2 aromatic rings. The zero-order valence-electron chi connectivity index (χ0n) is 16.7. The minimum absolute atomic E-state index is 0.100. The molecule has 170 valence electrons. The summed E-state index contributed by atoms with van der Waals surface area (Å²) in [5.74, 6) is -2.13. The number of aromatic nitrogens is 3. The van der Waals surface area contributed by atoms with Gasteiger partial charge in [0, 0.05) is 24.7 Å². The Labute approximate surface area is 193 Å². The third kappa shape index (κ3) is 3.96. The predicted molar refractivity (Wildman–Crippen MR) is 113 cm³/mol. The van der Waals surface area contributed by atoms with Crippen LogP contribution >= 0.6 is 34.9 Å². The van der Waals surface area contributed by atoms with Crippen LogP contribution in [-0.2, 0) is 25.5 Å². The second kappa shape index (κ2) is 8.73. The minimum atomic E-state index is -1.71. The lowest BCUT2D eigenvalue weighted by atomic mass is 9.98. The number of nitrogens with one attached hydrogen (secondary N) is 1. The van der Waals surface area contributed by atoms with Gasteiger partial charge in [-0.15, -0.1) is 22.0 Å². The maximum absolute atomic E-state index is 13.1. The van der Waals surface area contributed by atoms with E-state index < -0.39 is 28.9 Å². The number of ether oxygens (including phenoxy) is 1. The van der Waals surface area contributed by atoms with Gasteiger partial charge in [-0.25, -0.2) is 4.79 Å². The molecule has 1 saturated heterocycles. The monoisotopic (exact) mass is 499 g/mol. The molecule has 32 heavy (non-hydrogen) atoms. The molecule has 4 rings (SSSR count). The molecule has 1 fully saturated rings. The van der Waals surface area contributed by atoms with Gasteiger partial charge in [-0.3, -0.25) is 14.5 Å². The van der Waals surface area contributed by atoms with Gasteiger partial charge in [-0.2, -0.15) is 0 Å². The average Bonchev–Trinajstić information content (AvgIpc) is 3.36. The third-order valence-electron chi connectivity index (χ3n) is 4.72. The van der Waals surface area contributed by atoms with E-state index in [0.717, 1.165) is 9.91 Å². The lowest BCUT2D eigenvalue weighted by molar-refractivity contribution is -0.192. The standard InChI is InChI=1S/C17H17N5O7S3/c1-7-19-20-16(32-7)31-6-8-5-30-15-17(28-2,14(27)22(15)12(8)13(25)26)18-10(23)3-9-4-11(24)21-29-9/h4,15H,3,5-6H2,1-2H3,(H,18,23)(H,21,24)(H,25,26)/t15-,17+/m1/s1. The van der Waals surface area contributed by atoms with Crippen molar-refractivity contribution in [2.24, 2.45) is 0 Å². The molecule has 0 spiro atoms. The molecule has 12 nitrogen and oxygen atoms in total. The molecule has 4 heterocycles. The number of aliphatic carboxylic acids is 1. The number of hydrogen-bond acceptors (Lipinski definition) is 12. The summed E-state index contributed by atoms with van der Waals surface area (Å²) in [6.45, 7) is 1.83. The second-order valence-electron chi connectivity index (χ2n) is 6.79. The molecule has 0 saturated carbocycles. The zero-order chi connectivity index (χ0) is 23.0. The Balaban J connectivity index is 1.51. The van der Waals surface area contributed by atoms with E-state index >= 15 is 0 Å². The number of rotatable bonds is 8. The summed E-state index contributed by atoms with van der Waals surface area (Å²) >= 11 is 4.05. The van der Waals surface area contributed by atoms with Crippen molar-refractivity contribution in [1.82, 2.24) is 25.6 Å². The quantitative estimate of drug-likeness (QED) is 0.263. The lowest BCUT2D eigenvalue weighted by Crippen LogP contribution is -2.80. The normalized spacial score (nSPS) is 22.5. The highest BCUT2D eigenvalue weighted by molar-refractivity contribution is 8.01. The van der Waals surface area contributed by atoms with Crippen LogP contribution in [0, 0.1) is 6.92 Å². The summed E-state index contributed by atoms with van der Waals surface area (Å²) in [6, 6.07) is 1.18. The number of carboxylic acids is 1. The first-order valence-corrected chi connectivity index (χ1v) is 11.9. The van der Waals surface area contributed by atoms with Crippen molar-refractivity contribution in [3.63, 3.8) is 0 Å². The number of fused-ring (bicyclic) bond motifs is 1. The van der Waals surface area contributed by atoms with Crippen LogP contribution in [0.3, 0.4) is 0 Å². The van der Waals surface area contributed by atoms with Crippen molar-refractivity contribution in [3.8, 4) is 5.88 Å². The van der Waals surface area contributed by atoms with Crippen molar-refractivity contribution >= 4 is 52.6 Å². The topological polar surface area (TPSA) is 168 Å². The number of thioether (sulfide) groups is 2. The van der Waals surface area contributed by atoms with Crippen molar-refractivity contribution in [3.05, 3.63) is 28.1 Å². The van der Waals surface area contributed by atoms with Crippen molar-refractivity contribution < 1.29 is 33.9 Å². The van der Waals surface area contributed by atoms with Gasteiger partial charge in [0.25, 0.3) is 17.5 Å². The zero-order valence-corrected chi connectivity index (χ0v) is 19.2. The number of β-lactam (4-membered cyclic amide) rings is 1. The molecule has 0 radical (unpaired) electrons. The number of methoxy groups -OCH3 is 1. The number of hydrogen-bond donors (Lipinski definition) is 3. The molecule has 2 aliphatic rings. The first-order chi connectivity index (χ1) is 15.2. The maximum Gasteiger partial charge on any atom is 0.352 e. The SMILES string of the molecule is CO[C@@]1(NC(=O)Cc2cc(O)no2)C(=O)N2C(C(=O)O)=C(CSc3nnc(C)s3)CS[C@@H]21. The smallest absolute Gasteiger partial charge is 0.352 e. The highest BCUT2D eigenvalue weighted by atomic mass is 32.2. The Kier molecular flexibility index (Phi) is 6.15. The molecule has 0 bridgehead atoms. The van der Waals surface area contributed by atoms with E-state index in [1.54, 1.807) is 0 Å². The fourth-order valence-corrected chi connectivity index (χ4v) is 6.73. The summed E-state index contributed by atoms with van der Waals surface area (Å²) in [6.07, 6.45) is -0.284. The van der Waals surface area contributed by atoms with Gasteiger partial charge in [0.2, 0.25) is 5.91 Å². The fraction of sp³-hybridized carbons (Fsp3) is 0.412. The first kappa shape index (κ1) is 22.6. The molecule has 2 aliphatic heterocycles. The van der Waals surface area contributed by atoms with E-state index in [0.29, 0.717) is 21.4 Å². The third-order valence-corrected chi connectivity index (χ3v) is 8.15. The molecule has 2 aromatic heterocycles. The van der Waals surface area contributed by atoms with E-state index in [2.05, 4.69) is 20.7 Å². The van der Waals surface area contributed by atoms with E-state index in [9.17, 15) is 24.6 Å². The number of aryl methyl sites for hydroxylation is 1. The molecular formula is C17H17N5O7S3. The van der Waals surface area contributed by atoms with Crippen LogP contribution in [-0.4, -0.2) is 78.0 Å². The minimum Gasteiger partial charge on any atom is -0.491 e. The van der Waals surface area contributed by atoms with Crippen molar-refractivity contribution in [1.29, 1.82) is 0 Å². The number of amides is 2. The highest BCUT2D eigenvalue weighted by Gasteiger charge is 2.66. The van der Waals surface area contributed by atoms with E-state index in [4.69, 9.17) is 9.26 Å². The Hall–Kier alpha value is -2.62. The van der Waals surface area contributed by atoms with Gasteiger partial charge < -0.3 is 24.8 Å². The summed E-state index contributed by atoms with van der Waals surface area (Å²) in [7, 11) is 1.27. The van der Waals surface area contributed by atoms with E-state index in [1.807, 2.05) is 6.92 Å². The first-order valence-electron chi connectivity index (χ1n) is 9.09. The van der Waals surface area contributed by atoms with E-state index in [1.165, 1.54) is 48.0 Å². The number of carboxylic acid groups (broad SMARTS) is 1. The molecule has 2 atom stereocenters. The molecule has 2 amide bonds. The number of carbonyl (C=O) groups excluding carboxylic acids is 2. The summed E-state index contributed by atoms with van der Waals surface area (Å²) < 4.78 is 10.9. The van der Waals surface area contributed by atoms with Gasteiger partial charge in [0.1, 0.15) is 21.8 Å². The number of aromatic hydroxyl groups is 1. The van der Waals surface area contributed by atoms with Crippen LogP contribution in [0.15, 0.2) is 26.2 Å². The molecular weight excluding hydrogens is 482 g/mol. The highest BCUT2D eigenvalue weighted by Crippen LogP contribution is 2.47. The Bertz CT molecular complexity index is 1120. The summed E-state index contributed by atoms with van der Waals surface area (Å²) in [5.41, 5.74) is -1.26. The number of carbonyl (C=O) groups is 3. The number of nitrogens with zero attached hydrogens (tertiary/aromatic N) is 4. The molecule has 15 heteroatoms. The Morgan fingerprint density at radius 3 is 2.84 bits per heavy atom. The van der Waals surface area contributed by atoms with Crippen LogP contribution in [0.5, 0.6) is 5.88 Å². The van der Waals surface area contributed by atoms with Crippen LogP contribution in [0.2, 0.25) is 0 Å². The fourth-order valence-electron chi connectivity index (χ4n) is 3.33. The molecule has 0 aromatic carbocycles. The maximum atomic E-state index is 13.1.